The van der Waals surface area contributed by atoms with Crippen LogP contribution in [0.25, 0.3) is 11.0 Å². The van der Waals surface area contributed by atoms with Crippen LogP contribution in [-0.4, -0.2) is 36.3 Å². The molecule has 1 aromatic carbocycles. The number of hydrogen-bond donors (Lipinski definition) is 1. The molecule has 1 saturated heterocycles. The molecule has 0 unspecified atom stereocenters. The van der Waals surface area contributed by atoms with Gasteiger partial charge in [0.05, 0.1) is 5.39 Å². The molecule has 2 amide bonds. The van der Waals surface area contributed by atoms with Crippen molar-refractivity contribution < 1.29 is 14.0 Å². The zero-order chi connectivity index (χ0) is 16.2. The molecule has 1 aliphatic rings. The molecule has 23 heavy (non-hydrogen) atoms. The van der Waals surface area contributed by atoms with E-state index in [1.807, 2.05) is 4.90 Å². The highest BCUT2D eigenvalue weighted by Gasteiger charge is 2.18. The fraction of sp³-hybridized carbons (Fsp3) is 0.353. The average molecular weight is 314 g/mol. The van der Waals surface area contributed by atoms with E-state index in [0.29, 0.717) is 11.0 Å². The van der Waals surface area contributed by atoms with E-state index in [1.165, 1.54) is 6.07 Å². The van der Waals surface area contributed by atoms with E-state index in [2.05, 4.69) is 5.32 Å². The lowest BCUT2D eigenvalue weighted by atomic mass is 10.2. The van der Waals surface area contributed by atoms with Gasteiger partial charge in [0, 0.05) is 32.1 Å². The maximum atomic E-state index is 12.1. The summed E-state index contributed by atoms with van der Waals surface area (Å²) in [5, 5.41) is 3.06. The molecule has 3 rings (SSSR count). The minimum absolute atomic E-state index is 0.0395. The summed E-state index contributed by atoms with van der Waals surface area (Å²) in [6.45, 7) is 1.82. The molecule has 120 valence electrons. The summed E-state index contributed by atoms with van der Waals surface area (Å²) in [6.07, 6.45) is 2.34. The number of carbonyl (C=O) groups is 2. The van der Waals surface area contributed by atoms with E-state index in [0.717, 1.165) is 25.9 Å². The first kappa shape index (κ1) is 15.3. The third-order valence-electron chi connectivity index (χ3n) is 3.94. The second-order valence-corrected chi connectivity index (χ2v) is 5.56. The van der Waals surface area contributed by atoms with Crippen LogP contribution < -0.4 is 10.7 Å². The molecule has 1 fully saturated rings. The van der Waals surface area contributed by atoms with Crippen LogP contribution >= 0.6 is 0 Å². The van der Waals surface area contributed by atoms with Gasteiger partial charge >= 0.3 is 0 Å². The Balaban J connectivity index is 1.62. The van der Waals surface area contributed by atoms with E-state index >= 15 is 0 Å². The topological polar surface area (TPSA) is 79.6 Å². The van der Waals surface area contributed by atoms with Gasteiger partial charge in [-0.1, -0.05) is 12.1 Å². The first-order chi connectivity index (χ1) is 11.1. The van der Waals surface area contributed by atoms with Crippen molar-refractivity contribution in [3.8, 4) is 0 Å². The van der Waals surface area contributed by atoms with E-state index in [1.54, 1.807) is 24.3 Å². The molecular formula is C17H18N2O4. The van der Waals surface area contributed by atoms with Gasteiger partial charge in [-0.3, -0.25) is 14.4 Å². The molecule has 1 aromatic heterocycles. The fourth-order valence-corrected chi connectivity index (χ4v) is 2.71. The summed E-state index contributed by atoms with van der Waals surface area (Å²) in [7, 11) is 0. The lowest BCUT2D eigenvalue weighted by Gasteiger charge is -2.15. The van der Waals surface area contributed by atoms with Gasteiger partial charge < -0.3 is 14.6 Å². The van der Waals surface area contributed by atoms with Gasteiger partial charge in [-0.15, -0.1) is 0 Å². The van der Waals surface area contributed by atoms with Crippen LogP contribution in [-0.2, 0) is 4.79 Å². The molecular weight excluding hydrogens is 296 g/mol. The smallest absolute Gasteiger partial charge is 0.287 e. The molecule has 1 N–H and O–H groups in total. The maximum absolute atomic E-state index is 12.1. The highest BCUT2D eigenvalue weighted by atomic mass is 16.3. The minimum atomic E-state index is -0.484. The van der Waals surface area contributed by atoms with Gasteiger partial charge in [-0.05, 0) is 25.0 Å². The Morgan fingerprint density at radius 1 is 1.17 bits per heavy atom. The molecule has 6 nitrogen and oxygen atoms in total. The number of nitrogens with one attached hydrogen (secondary N) is 1. The lowest BCUT2D eigenvalue weighted by Crippen LogP contribution is -2.32. The number of fused-ring (bicyclic) bond motifs is 1. The maximum Gasteiger partial charge on any atom is 0.287 e. The highest BCUT2D eigenvalue weighted by molar-refractivity contribution is 5.93. The van der Waals surface area contributed by atoms with Crippen molar-refractivity contribution >= 4 is 22.8 Å². The van der Waals surface area contributed by atoms with Gasteiger partial charge in [0.1, 0.15) is 5.58 Å². The first-order valence-electron chi connectivity index (χ1n) is 7.74. The quantitative estimate of drug-likeness (QED) is 0.928. The van der Waals surface area contributed by atoms with Crippen molar-refractivity contribution in [1.82, 2.24) is 10.2 Å². The van der Waals surface area contributed by atoms with E-state index < -0.39 is 5.91 Å². The number of benzene rings is 1. The molecule has 0 atom stereocenters. The van der Waals surface area contributed by atoms with Gasteiger partial charge in [-0.2, -0.15) is 0 Å². The first-order valence-corrected chi connectivity index (χ1v) is 7.74. The van der Waals surface area contributed by atoms with Crippen LogP contribution in [0.15, 0.2) is 39.5 Å². The fourth-order valence-electron chi connectivity index (χ4n) is 2.71. The van der Waals surface area contributed by atoms with Crippen molar-refractivity contribution in [2.45, 2.75) is 19.3 Å². The molecule has 0 spiro atoms. The molecule has 6 heteroatoms. The van der Waals surface area contributed by atoms with Crippen molar-refractivity contribution in [2.75, 3.05) is 19.6 Å². The average Bonchev–Trinajstić information content (AvgIpc) is 3.09. The van der Waals surface area contributed by atoms with Crippen molar-refractivity contribution in [2.24, 2.45) is 0 Å². The predicted molar refractivity (Wildman–Crippen MR) is 85.2 cm³/mol. The molecule has 0 radical (unpaired) electrons. The largest absolute Gasteiger partial charge is 0.451 e. The highest BCUT2D eigenvalue weighted by Crippen LogP contribution is 2.12. The number of nitrogens with zero attached hydrogens (tertiary/aromatic N) is 1. The van der Waals surface area contributed by atoms with Crippen LogP contribution in [0.5, 0.6) is 0 Å². The number of carbonyl (C=O) groups excluding carboxylic acids is 2. The van der Waals surface area contributed by atoms with Crippen LogP contribution in [0.2, 0.25) is 0 Å². The lowest BCUT2D eigenvalue weighted by molar-refractivity contribution is -0.129. The van der Waals surface area contributed by atoms with Crippen LogP contribution in [0.4, 0.5) is 0 Å². The standard InChI is InChI=1S/C17H18N2O4/c20-13-11-15(23-14-6-2-1-5-12(13)14)17(22)18-8-7-16(21)19-9-3-4-10-19/h1-2,5-6,11H,3-4,7-10H2,(H,18,22). The van der Waals surface area contributed by atoms with Crippen LogP contribution in [0, 0.1) is 0 Å². The number of hydrogen-bond acceptors (Lipinski definition) is 4. The summed E-state index contributed by atoms with van der Waals surface area (Å²) >= 11 is 0. The number of para-hydroxylation sites is 1. The Hall–Kier alpha value is -2.63. The minimum Gasteiger partial charge on any atom is -0.451 e. The molecule has 2 heterocycles. The second kappa shape index (κ2) is 6.64. The van der Waals surface area contributed by atoms with Gasteiger partial charge in [0.2, 0.25) is 5.91 Å². The number of rotatable bonds is 4. The van der Waals surface area contributed by atoms with Crippen LogP contribution in [0.3, 0.4) is 0 Å². The monoisotopic (exact) mass is 314 g/mol. The third kappa shape index (κ3) is 3.41. The number of likely N-dealkylation sites (tertiary alicyclic amines) is 1. The van der Waals surface area contributed by atoms with Crippen molar-refractivity contribution in [3.05, 3.63) is 46.3 Å². The Labute approximate surface area is 133 Å². The van der Waals surface area contributed by atoms with E-state index in [-0.39, 0.29) is 30.1 Å². The molecule has 0 bridgehead atoms. The SMILES string of the molecule is O=C(NCCC(=O)N1CCCC1)c1cc(=O)c2ccccc2o1. The Morgan fingerprint density at radius 3 is 2.70 bits per heavy atom. The van der Waals surface area contributed by atoms with E-state index in [9.17, 15) is 14.4 Å². The normalized spacial score (nSPS) is 14.2. The summed E-state index contributed by atoms with van der Waals surface area (Å²) in [6, 6.07) is 7.95. The zero-order valence-electron chi connectivity index (χ0n) is 12.7. The van der Waals surface area contributed by atoms with E-state index in [4.69, 9.17) is 4.42 Å². The predicted octanol–water partition coefficient (Wildman–Crippen LogP) is 1.54. The Bertz CT molecular complexity index is 791. The molecule has 0 aliphatic carbocycles. The third-order valence-corrected chi connectivity index (χ3v) is 3.94. The van der Waals surface area contributed by atoms with Crippen molar-refractivity contribution in [3.63, 3.8) is 0 Å². The number of amides is 2. The molecule has 0 saturated carbocycles. The summed E-state index contributed by atoms with van der Waals surface area (Å²) in [4.78, 5) is 37.7. The summed E-state index contributed by atoms with van der Waals surface area (Å²) < 4.78 is 5.45. The van der Waals surface area contributed by atoms with Crippen molar-refractivity contribution in [1.29, 1.82) is 0 Å². The Kier molecular flexibility index (Phi) is 4.41. The molecule has 1 aliphatic heterocycles. The van der Waals surface area contributed by atoms with Crippen LogP contribution in [0.1, 0.15) is 29.8 Å². The Morgan fingerprint density at radius 2 is 1.91 bits per heavy atom. The van der Waals surface area contributed by atoms with Gasteiger partial charge in [0.25, 0.3) is 5.91 Å². The van der Waals surface area contributed by atoms with Gasteiger partial charge in [-0.25, -0.2) is 0 Å². The summed E-state index contributed by atoms with van der Waals surface area (Å²) in [5.41, 5.74) is 0.114. The second-order valence-electron chi connectivity index (χ2n) is 5.56. The van der Waals surface area contributed by atoms with Gasteiger partial charge in [0.15, 0.2) is 11.2 Å². The summed E-state index contributed by atoms with van der Waals surface area (Å²) in [5.74, 6) is -0.479. The zero-order valence-corrected chi connectivity index (χ0v) is 12.7. The molecule has 2 aromatic rings.